The number of aryl methyl sites for hydroxylation is 1. The van der Waals surface area contributed by atoms with E-state index < -0.39 is 0 Å². The summed E-state index contributed by atoms with van der Waals surface area (Å²) in [6.07, 6.45) is 7.46. The molecule has 9 heteroatoms. The van der Waals surface area contributed by atoms with Crippen LogP contribution < -0.4 is 16.0 Å². The zero-order valence-electron chi connectivity index (χ0n) is 21.0. The minimum atomic E-state index is -0.205. The minimum Gasteiger partial charge on any atom is -0.348 e. The number of rotatable bonds is 4. The number of pyridine rings is 1. The Morgan fingerprint density at radius 2 is 1.97 bits per heavy atom. The number of hydrogen-bond donors (Lipinski definition) is 3. The molecule has 0 atom stereocenters. The third-order valence-electron chi connectivity index (χ3n) is 7.94. The van der Waals surface area contributed by atoms with Crippen molar-refractivity contribution in [2.45, 2.75) is 31.3 Å². The fourth-order valence-corrected chi connectivity index (χ4v) is 5.89. The Hall–Kier alpha value is -4.37. The number of carbonyl (C=O) groups excluding carboxylic acids is 2. The first kappa shape index (κ1) is 22.8. The molecule has 1 fully saturated rings. The van der Waals surface area contributed by atoms with Crippen LogP contribution in [0, 0.1) is 0 Å². The minimum absolute atomic E-state index is 0.0146. The number of amides is 2. The van der Waals surface area contributed by atoms with Crippen LogP contribution in [0.3, 0.4) is 0 Å². The van der Waals surface area contributed by atoms with E-state index in [1.54, 1.807) is 18.5 Å². The molecule has 4 aromatic rings. The number of benzene rings is 1. The van der Waals surface area contributed by atoms with Gasteiger partial charge in [-0.3, -0.25) is 14.6 Å². The second-order valence-electron chi connectivity index (χ2n) is 10.4. The number of hydrogen-bond acceptors (Lipinski definition) is 6. The maximum absolute atomic E-state index is 13.2. The highest BCUT2D eigenvalue weighted by Gasteiger charge is 2.46. The number of fused-ring (bicyclic) bond motifs is 5. The number of aromatic nitrogens is 4. The smallest absolute Gasteiger partial charge is 0.253 e. The van der Waals surface area contributed by atoms with Crippen LogP contribution in [-0.4, -0.2) is 50.0 Å². The molecule has 3 aromatic heterocycles. The molecule has 0 radical (unpaired) electrons. The van der Waals surface area contributed by atoms with Gasteiger partial charge in [0, 0.05) is 63.0 Å². The first-order chi connectivity index (χ1) is 18.5. The summed E-state index contributed by atoms with van der Waals surface area (Å²) in [5.41, 5.74) is 7.80. The largest absolute Gasteiger partial charge is 0.348 e. The Morgan fingerprint density at radius 1 is 1.13 bits per heavy atom. The van der Waals surface area contributed by atoms with E-state index in [-0.39, 0.29) is 17.4 Å². The first-order valence-corrected chi connectivity index (χ1v) is 12.9. The lowest BCUT2D eigenvalue weighted by Gasteiger charge is -2.45. The van der Waals surface area contributed by atoms with Crippen molar-refractivity contribution in [1.29, 1.82) is 0 Å². The molecular formula is C29H27N7O2. The van der Waals surface area contributed by atoms with E-state index in [9.17, 15) is 9.59 Å². The van der Waals surface area contributed by atoms with Crippen LogP contribution in [0.2, 0.25) is 0 Å². The van der Waals surface area contributed by atoms with Crippen LogP contribution in [0.4, 0.5) is 0 Å². The van der Waals surface area contributed by atoms with Gasteiger partial charge >= 0.3 is 0 Å². The third kappa shape index (κ3) is 3.61. The van der Waals surface area contributed by atoms with Crippen molar-refractivity contribution < 1.29 is 9.59 Å². The molecule has 9 nitrogen and oxygen atoms in total. The molecule has 0 bridgehead atoms. The predicted molar refractivity (Wildman–Crippen MR) is 141 cm³/mol. The summed E-state index contributed by atoms with van der Waals surface area (Å²) in [6.45, 7) is 2.02. The number of nitrogens with one attached hydrogen (secondary N) is 3. The van der Waals surface area contributed by atoms with Crippen molar-refractivity contribution >= 4 is 11.8 Å². The molecule has 2 amide bonds. The van der Waals surface area contributed by atoms with Crippen LogP contribution in [0.1, 0.15) is 43.1 Å². The molecule has 0 saturated carbocycles. The Balaban J connectivity index is 1.22. The summed E-state index contributed by atoms with van der Waals surface area (Å²) < 4.78 is 2.16. The van der Waals surface area contributed by atoms with E-state index >= 15 is 0 Å². The molecule has 0 unspecified atom stereocenters. The van der Waals surface area contributed by atoms with Crippen molar-refractivity contribution in [3.05, 3.63) is 88.5 Å². The number of nitrogens with zero attached hydrogens (tertiary/aromatic N) is 4. The molecule has 190 valence electrons. The van der Waals surface area contributed by atoms with E-state index in [1.807, 2.05) is 43.6 Å². The zero-order valence-corrected chi connectivity index (χ0v) is 21.0. The molecular weight excluding hydrogens is 478 g/mol. The zero-order chi connectivity index (χ0) is 25.9. The summed E-state index contributed by atoms with van der Waals surface area (Å²) in [5.74, 6) is 0.315. The van der Waals surface area contributed by atoms with Gasteiger partial charge in [0.25, 0.3) is 11.8 Å². The van der Waals surface area contributed by atoms with Crippen molar-refractivity contribution in [1.82, 2.24) is 35.5 Å². The maximum Gasteiger partial charge on any atom is 0.253 e. The lowest BCUT2D eigenvalue weighted by Crippen LogP contribution is -2.71. The highest BCUT2D eigenvalue weighted by Crippen LogP contribution is 2.40. The van der Waals surface area contributed by atoms with Crippen molar-refractivity contribution in [3.8, 4) is 22.8 Å². The summed E-state index contributed by atoms with van der Waals surface area (Å²) in [5, 5.41) is 9.50. The highest BCUT2D eigenvalue weighted by atomic mass is 16.2. The molecule has 3 N–H and O–H groups in total. The summed E-state index contributed by atoms with van der Waals surface area (Å²) in [7, 11) is 2.03. The quantitative estimate of drug-likeness (QED) is 0.392. The average Bonchev–Trinajstić information content (AvgIpc) is 3.23. The fourth-order valence-electron chi connectivity index (χ4n) is 5.89. The van der Waals surface area contributed by atoms with Gasteiger partial charge in [0.1, 0.15) is 0 Å². The molecule has 38 heavy (non-hydrogen) atoms. The normalized spacial score (nSPS) is 16.6. The van der Waals surface area contributed by atoms with E-state index in [0.717, 1.165) is 71.7 Å². The van der Waals surface area contributed by atoms with Crippen molar-refractivity contribution in [3.63, 3.8) is 0 Å². The summed E-state index contributed by atoms with van der Waals surface area (Å²) >= 11 is 0. The predicted octanol–water partition coefficient (Wildman–Crippen LogP) is 2.20. The van der Waals surface area contributed by atoms with Crippen LogP contribution in [0.25, 0.3) is 22.8 Å². The fraction of sp³-hybridized carbons (Fsp3) is 0.276. The molecule has 1 spiro atoms. The van der Waals surface area contributed by atoms with E-state index in [4.69, 9.17) is 4.98 Å². The monoisotopic (exact) mass is 505 g/mol. The van der Waals surface area contributed by atoms with E-state index in [2.05, 4.69) is 30.5 Å². The van der Waals surface area contributed by atoms with Gasteiger partial charge < -0.3 is 20.5 Å². The van der Waals surface area contributed by atoms with Crippen LogP contribution in [0.15, 0.2) is 55.0 Å². The van der Waals surface area contributed by atoms with Crippen molar-refractivity contribution in [2.24, 2.45) is 7.05 Å². The van der Waals surface area contributed by atoms with Crippen LogP contribution in [-0.2, 0) is 32.9 Å². The molecule has 1 saturated heterocycles. The Bertz CT molecular complexity index is 1600. The van der Waals surface area contributed by atoms with Gasteiger partial charge in [0.15, 0.2) is 5.82 Å². The van der Waals surface area contributed by atoms with Crippen LogP contribution >= 0.6 is 0 Å². The van der Waals surface area contributed by atoms with Gasteiger partial charge in [0.05, 0.1) is 28.1 Å². The van der Waals surface area contributed by atoms with Crippen molar-refractivity contribution in [2.75, 3.05) is 13.1 Å². The van der Waals surface area contributed by atoms with Gasteiger partial charge in [-0.1, -0.05) is 30.3 Å². The summed E-state index contributed by atoms with van der Waals surface area (Å²) in [4.78, 5) is 39.9. The molecule has 7 rings (SSSR count). The standard InChI is InChI=1S/C29H27N7O2/c1-36-22-10-29(15-31-16-29)35-28(38)23(22)21-8-7-18-14-32-26(34-24(18)25(21)36)19-9-20(13-30-12-19)27(37)33-11-17-5-3-2-4-6-17/h2-6,9,12-14,31H,7-8,10-11,15-16H2,1H3,(H,33,37)(H,35,38). The molecule has 2 aliphatic heterocycles. The molecule has 5 heterocycles. The summed E-state index contributed by atoms with van der Waals surface area (Å²) in [6, 6.07) is 11.6. The third-order valence-corrected chi connectivity index (χ3v) is 7.94. The molecule has 3 aliphatic rings. The second-order valence-corrected chi connectivity index (χ2v) is 10.4. The molecule has 1 aromatic carbocycles. The lowest BCUT2D eigenvalue weighted by molar-refractivity contribution is 0.0824. The Labute approximate surface area is 219 Å². The molecule has 1 aliphatic carbocycles. The number of carbonyl (C=O) groups is 2. The highest BCUT2D eigenvalue weighted by molar-refractivity contribution is 6.01. The van der Waals surface area contributed by atoms with E-state index in [1.165, 1.54) is 0 Å². The van der Waals surface area contributed by atoms with Gasteiger partial charge in [-0.05, 0) is 35.6 Å². The first-order valence-electron chi connectivity index (χ1n) is 12.9. The van der Waals surface area contributed by atoms with Gasteiger partial charge in [-0.25, -0.2) is 9.97 Å². The van der Waals surface area contributed by atoms with E-state index in [0.29, 0.717) is 23.5 Å². The lowest BCUT2D eigenvalue weighted by atomic mass is 9.81. The maximum atomic E-state index is 13.2. The van der Waals surface area contributed by atoms with Crippen LogP contribution in [0.5, 0.6) is 0 Å². The Kier molecular flexibility index (Phi) is 5.16. The topological polar surface area (TPSA) is 114 Å². The SMILES string of the molecule is Cn1c2c(c3c1-c1nc(-c4cncc(C(=O)NCc5ccccc5)c4)ncc1CC3)C(=O)NC1(CNC1)C2. The Morgan fingerprint density at radius 3 is 2.76 bits per heavy atom. The van der Waals surface area contributed by atoms with Gasteiger partial charge in [0.2, 0.25) is 0 Å². The second kappa shape index (κ2) is 8.59. The van der Waals surface area contributed by atoms with Gasteiger partial charge in [-0.15, -0.1) is 0 Å². The average molecular weight is 506 g/mol. The van der Waals surface area contributed by atoms with Gasteiger partial charge in [-0.2, -0.15) is 0 Å².